The molecule has 6 heteroatoms. The lowest BCUT2D eigenvalue weighted by Crippen LogP contribution is -2.06. The topological polar surface area (TPSA) is 60.0 Å². The molecule has 0 heterocycles. The van der Waals surface area contributed by atoms with Crippen LogP contribution in [0.4, 0.5) is 4.39 Å². The van der Waals surface area contributed by atoms with Crippen LogP contribution in [0.25, 0.3) is 0 Å². The quantitative estimate of drug-likeness (QED) is 0.350. The van der Waals surface area contributed by atoms with Gasteiger partial charge < -0.3 is 10.5 Å². The highest BCUT2D eigenvalue weighted by Gasteiger charge is 2.02. The first-order valence-corrected chi connectivity index (χ1v) is 9.69. The van der Waals surface area contributed by atoms with Crippen molar-refractivity contribution in [3.8, 4) is 5.75 Å². The second-order valence-electron chi connectivity index (χ2n) is 5.92. The van der Waals surface area contributed by atoms with Crippen molar-refractivity contribution in [1.82, 2.24) is 0 Å². The molecule has 0 aromatic heterocycles. The molecule has 0 saturated heterocycles. The number of benzene rings is 3. The van der Waals surface area contributed by atoms with E-state index in [-0.39, 0.29) is 11.6 Å². The van der Waals surface area contributed by atoms with Crippen molar-refractivity contribution in [3.63, 3.8) is 0 Å². The molecule has 0 unspecified atom stereocenters. The summed E-state index contributed by atoms with van der Waals surface area (Å²) < 4.78 is 19.0. The monoisotopic (exact) mass is 393 g/mol. The molecule has 0 atom stereocenters. The Labute approximate surface area is 168 Å². The van der Waals surface area contributed by atoms with E-state index in [4.69, 9.17) is 10.5 Å². The molecule has 3 aromatic carbocycles. The van der Waals surface area contributed by atoms with E-state index in [1.54, 1.807) is 24.4 Å². The lowest BCUT2D eigenvalue weighted by molar-refractivity contribution is 0.290. The van der Waals surface area contributed by atoms with E-state index < -0.39 is 0 Å². The molecule has 0 aliphatic rings. The Hall–Kier alpha value is -3.12. The van der Waals surface area contributed by atoms with Gasteiger partial charge in [0.15, 0.2) is 16.7 Å². The highest BCUT2D eigenvalue weighted by atomic mass is 32.2. The Kier molecular flexibility index (Phi) is 7.21. The van der Waals surface area contributed by atoms with E-state index in [1.165, 1.54) is 23.4 Å². The van der Waals surface area contributed by atoms with Gasteiger partial charge in [-0.3, -0.25) is 0 Å². The first-order chi connectivity index (χ1) is 13.7. The molecule has 0 radical (unpaired) electrons. The van der Waals surface area contributed by atoms with Crippen LogP contribution in [0.2, 0.25) is 0 Å². The fourth-order valence-electron chi connectivity index (χ4n) is 2.34. The average Bonchev–Trinajstić information content (AvgIpc) is 2.73. The Balaban J connectivity index is 1.48. The summed E-state index contributed by atoms with van der Waals surface area (Å²) >= 11 is 1.44. The van der Waals surface area contributed by atoms with E-state index >= 15 is 0 Å². The lowest BCUT2D eigenvalue weighted by atomic mass is 10.1. The second-order valence-corrected chi connectivity index (χ2v) is 6.91. The molecule has 0 spiro atoms. The van der Waals surface area contributed by atoms with Gasteiger partial charge in [0.1, 0.15) is 6.61 Å². The zero-order valence-electron chi connectivity index (χ0n) is 15.2. The van der Waals surface area contributed by atoms with E-state index in [2.05, 4.69) is 10.2 Å². The number of halogens is 1. The first kappa shape index (κ1) is 19.6. The van der Waals surface area contributed by atoms with E-state index in [0.717, 1.165) is 16.9 Å². The minimum absolute atomic E-state index is 0.242. The zero-order chi connectivity index (χ0) is 19.6. The number of rotatable bonds is 7. The van der Waals surface area contributed by atoms with Gasteiger partial charge in [-0.15, -0.1) is 5.10 Å². The van der Waals surface area contributed by atoms with Gasteiger partial charge >= 0.3 is 0 Å². The maximum atomic E-state index is 13.5. The highest BCUT2D eigenvalue weighted by molar-refractivity contribution is 8.13. The Morgan fingerprint density at radius 1 is 0.929 bits per heavy atom. The van der Waals surface area contributed by atoms with Crippen LogP contribution < -0.4 is 10.5 Å². The third-order valence-electron chi connectivity index (χ3n) is 3.80. The van der Waals surface area contributed by atoms with Crippen molar-refractivity contribution in [2.75, 3.05) is 0 Å². The molecule has 2 N–H and O–H groups in total. The SMILES string of the molecule is NC(=NN=Cc1ccc(COc2ccccc2F)cc1)SCc1ccccc1. The molecule has 142 valence electrons. The molecule has 3 aromatic rings. The minimum Gasteiger partial charge on any atom is -0.486 e. The van der Waals surface area contributed by atoms with Crippen molar-refractivity contribution in [1.29, 1.82) is 0 Å². The van der Waals surface area contributed by atoms with Gasteiger partial charge in [0.25, 0.3) is 0 Å². The van der Waals surface area contributed by atoms with Gasteiger partial charge in [0.05, 0.1) is 6.21 Å². The molecule has 0 bridgehead atoms. The molecule has 0 fully saturated rings. The molecule has 0 amide bonds. The average molecular weight is 393 g/mol. The maximum absolute atomic E-state index is 13.5. The molecule has 0 aliphatic heterocycles. The fraction of sp³-hybridized carbons (Fsp3) is 0.0909. The smallest absolute Gasteiger partial charge is 0.180 e. The summed E-state index contributed by atoms with van der Waals surface area (Å²) in [4.78, 5) is 0. The summed E-state index contributed by atoms with van der Waals surface area (Å²) in [7, 11) is 0. The number of hydrogen-bond acceptors (Lipinski definition) is 4. The van der Waals surface area contributed by atoms with Gasteiger partial charge in [-0.2, -0.15) is 5.10 Å². The Morgan fingerprint density at radius 2 is 1.64 bits per heavy atom. The van der Waals surface area contributed by atoms with Gasteiger partial charge in [-0.05, 0) is 28.8 Å². The molecular formula is C22H20FN3OS. The van der Waals surface area contributed by atoms with E-state index in [9.17, 15) is 4.39 Å². The second kappa shape index (κ2) is 10.3. The van der Waals surface area contributed by atoms with Crippen LogP contribution in [-0.4, -0.2) is 11.4 Å². The number of amidine groups is 1. The maximum Gasteiger partial charge on any atom is 0.180 e. The van der Waals surface area contributed by atoms with Crippen molar-refractivity contribution in [3.05, 3.63) is 101 Å². The summed E-state index contributed by atoms with van der Waals surface area (Å²) in [6, 6.07) is 24.0. The minimum atomic E-state index is -0.369. The number of hydrogen-bond donors (Lipinski definition) is 1. The van der Waals surface area contributed by atoms with Gasteiger partial charge in [-0.1, -0.05) is 78.5 Å². The van der Waals surface area contributed by atoms with Crippen LogP contribution in [0, 0.1) is 5.82 Å². The fourth-order valence-corrected chi connectivity index (χ4v) is 2.95. The molecule has 0 saturated carbocycles. The summed E-state index contributed by atoms with van der Waals surface area (Å²) in [5.41, 5.74) is 8.87. The molecule has 28 heavy (non-hydrogen) atoms. The third kappa shape index (κ3) is 6.25. The van der Waals surface area contributed by atoms with E-state index in [1.807, 2.05) is 54.6 Å². The predicted molar refractivity (Wildman–Crippen MR) is 114 cm³/mol. The summed E-state index contributed by atoms with van der Waals surface area (Å²) in [5, 5.41) is 8.44. The summed E-state index contributed by atoms with van der Waals surface area (Å²) in [5.74, 6) is 0.625. The van der Waals surface area contributed by atoms with Crippen molar-refractivity contribution >= 4 is 23.1 Å². The van der Waals surface area contributed by atoms with Crippen LogP contribution in [0.3, 0.4) is 0 Å². The van der Waals surface area contributed by atoms with Crippen molar-refractivity contribution in [2.45, 2.75) is 12.4 Å². The largest absolute Gasteiger partial charge is 0.486 e. The third-order valence-corrected chi connectivity index (χ3v) is 4.66. The number of para-hydroxylation sites is 1. The van der Waals surface area contributed by atoms with Crippen LogP contribution in [-0.2, 0) is 12.4 Å². The molecular weight excluding hydrogens is 373 g/mol. The number of nitrogens with two attached hydrogens (primary N) is 1. The standard InChI is InChI=1S/C22H20FN3OS/c23-20-8-4-5-9-21(20)27-15-18-12-10-17(11-13-18)14-25-26-22(24)28-16-19-6-2-1-3-7-19/h1-14H,15-16H2,(H2,24,26). The van der Waals surface area contributed by atoms with Crippen molar-refractivity contribution in [2.24, 2.45) is 15.9 Å². The highest BCUT2D eigenvalue weighted by Crippen LogP contribution is 2.17. The molecule has 3 rings (SSSR count). The summed E-state index contributed by atoms with van der Waals surface area (Å²) in [6.07, 6.45) is 1.64. The van der Waals surface area contributed by atoms with Crippen LogP contribution >= 0.6 is 11.8 Å². The first-order valence-electron chi connectivity index (χ1n) is 8.70. The van der Waals surface area contributed by atoms with Gasteiger partial charge in [-0.25, -0.2) is 4.39 Å². The number of thioether (sulfide) groups is 1. The normalized spacial score (nSPS) is 11.7. The van der Waals surface area contributed by atoms with Crippen molar-refractivity contribution < 1.29 is 9.13 Å². The van der Waals surface area contributed by atoms with Gasteiger partial charge in [0, 0.05) is 5.75 Å². The predicted octanol–water partition coefficient (Wildman–Crippen LogP) is 4.99. The number of nitrogens with zero attached hydrogens (tertiary/aromatic N) is 2. The zero-order valence-corrected chi connectivity index (χ0v) is 16.0. The van der Waals surface area contributed by atoms with Crippen LogP contribution in [0.15, 0.2) is 89.1 Å². The van der Waals surface area contributed by atoms with Crippen LogP contribution in [0.1, 0.15) is 16.7 Å². The lowest BCUT2D eigenvalue weighted by Gasteiger charge is -2.07. The summed E-state index contributed by atoms with van der Waals surface area (Å²) in [6.45, 7) is 0.291. The van der Waals surface area contributed by atoms with Crippen LogP contribution in [0.5, 0.6) is 5.75 Å². The Bertz CT molecular complexity index is 944. The van der Waals surface area contributed by atoms with Gasteiger partial charge in [0.2, 0.25) is 0 Å². The Morgan fingerprint density at radius 3 is 2.39 bits per heavy atom. The number of ether oxygens (including phenoxy) is 1. The molecule has 0 aliphatic carbocycles. The molecule has 4 nitrogen and oxygen atoms in total. The van der Waals surface area contributed by atoms with E-state index in [0.29, 0.717) is 11.8 Å².